The van der Waals surface area contributed by atoms with Crippen LogP contribution in [0.15, 0.2) is 48.5 Å². The molecule has 240 valence electrons. The van der Waals surface area contributed by atoms with Gasteiger partial charge in [0, 0.05) is 17.0 Å². The molecule has 1 saturated heterocycles. The maximum atomic E-state index is 15.1. The Morgan fingerprint density at radius 1 is 0.614 bits per heavy atom. The zero-order valence-electron chi connectivity index (χ0n) is 26.1. The summed E-state index contributed by atoms with van der Waals surface area (Å²) in [5.41, 5.74) is 1.40. The van der Waals surface area contributed by atoms with Crippen LogP contribution >= 0.6 is 0 Å². The van der Waals surface area contributed by atoms with Crippen LogP contribution in [0, 0.1) is 29.2 Å². The topological polar surface area (TPSA) is 27.7 Å². The van der Waals surface area contributed by atoms with Crippen molar-refractivity contribution in [2.45, 2.75) is 97.2 Å². The molecule has 0 atom stereocenters. The molecule has 1 aliphatic heterocycles. The first-order valence-corrected chi connectivity index (χ1v) is 16.3. The molecule has 1 heterocycles. The van der Waals surface area contributed by atoms with Crippen LogP contribution in [-0.2, 0) is 15.9 Å². The summed E-state index contributed by atoms with van der Waals surface area (Å²) in [6.45, 7) is 6.07. The van der Waals surface area contributed by atoms with E-state index in [9.17, 15) is 8.78 Å². The van der Waals surface area contributed by atoms with Crippen LogP contribution in [0.3, 0.4) is 0 Å². The van der Waals surface area contributed by atoms with Gasteiger partial charge in [-0.1, -0.05) is 88.8 Å². The van der Waals surface area contributed by atoms with Crippen LogP contribution in [0.1, 0.15) is 90.0 Å². The minimum Gasteiger partial charge on any atom is -0.490 e. The van der Waals surface area contributed by atoms with Crippen molar-refractivity contribution in [3.63, 3.8) is 0 Å². The molecule has 0 N–H and O–H groups in total. The van der Waals surface area contributed by atoms with E-state index in [2.05, 4.69) is 13.8 Å². The fourth-order valence-corrected chi connectivity index (χ4v) is 5.64. The predicted octanol–water partition coefficient (Wildman–Crippen LogP) is 10.8. The van der Waals surface area contributed by atoms with Crippen LogP contribution in [0.25, 0.3) is 22.3 Å². The Morgan fingerprint density at radius 2 is 1.20 bits per heavy atom. The largest absolute Gasteiger partial charge is 0.490 e. The van der Waals surface area contributed by atoms with Crippen LogP contribution in [-0.4, -0.2) is 26.1 Å². The van der Waals surface area contributed by atoms with Gasteiger partial charge in [0.15, 0.2) is 29.5 Å². The monoisotopic (exact) mass is 614 g/mol. The summed E-state index contributed by atoms with van der Waals surface area (Å²) in [4.78, 5) is 0. The summed E-state index contributed by atoms with van der Waals surface area (Å²) in [7, 11) is 0. The minimum atomic E-state index is -1.03. The molecule has 4 rings (SSSR count). The van der Waals surface area contributed by atoms with Gasteiger partial charge < -0.3 is 14.2 Å². The van der Waals surface area contributed by atoms with E-state index < -0.39 is 23.3 Å². The van der Waals surface area contributed by atoms with Gasteiger partial charge in [-0.25, -0.2) is 13.2 Å². The number of ether oxygens (including phenoxy) is 3. The van der Waals surface area contributed by atoms with Crippen LogP contribution in [0.4, 0.5) is 17.6 Å². The van der Waals surface area contributed by atoms with Gasteiger partial charge in [0.2, 0.25) is 5.82 Å². The molecule has 0 radical (unpaired) electrons. The molecule has 1 aliphatic rings. The molecule has 44 heavy (non-hydrogen) atoms. The SMILES string of the molecule is CCCCCCOc1ccc(-c2ccc(-c3ccc(CCCCC4OCC(CCCCC)CO4)c(F)c3F)cc2)c(F)c1F. The molecule has 0 saturated carbocycles. The van der Waals surface area contributed by atoms with E-state index in [-0.39, 0.29) is 23.2 Å². The van der Waals surface area contributed by atoms with E-state index in [1.54, 1.807) is 36.4 Å². The number of benzene rings is 3. The summed E-state index contributed by atoms with van der Waals surface area (Å²) in [5.74, 6) is -3.45. The smallest absolute Gasteiger partial charge is 0.201 e. The van der Waals surface area contributed by atoms with Crippen LogP contribution in [0.2, 0.25) is 0 Å². The fraction of sp³-hybridized carbons (Fsp3) is 0.514. The number of unbranched alkanes of at least 4 members (excludes halogenated alkanes) is 6. The molecule has 0 spiro atoms. The van der Waals surface area contributed by atoms with E-state index >= 15 is 8.78 Å². The second kappa shape index (κ2) is 17.6. The van der Waals surface area contributed by atoms with Crippen molar-refractivity contribution >= 4 is 0 Å². The molecule has 3 nitrogen and oxygen atoms in total. The molecular weight excluding hydrogens is 568 g/mol. The molecule has 7 heteroatoms. The first-order chi connectivity index (χ1) is 21.4. The summed E-state index contributed by atoms with van der Waals surface area (Å²) in [5, 5.41) is 0. The number of halogens is 4. The number of hydrogen-bond acceptors (Lipinski definition) is 3. The van der Waals surface area contributed by atoms with Gasteiger partial charge >= 0.3 is 0 Å². The van der Waals surface area contributed by atoms with Crippen molar-refractivity contribution in [2.75, 3.05) is 19.8 Å². The second-order valence-corrected chi connectivity index (χ2v) is 11.8. The molecule has 3 aromatic carbocycles. The highest BCUT2D eigenvalue weighted by Gasteiger charge is 2.22. The Bertz CT molecular complexity index is 1300. The molecule has 0 unspecified atom stereocenters. The molecule has 3 aromatic rings. The minimum absolute atomic E-state index is 0.0743. The average Bonchev–Trinajstić information content (AvgIpc) is 3.04. The zero-order valence-corrected chi connectivity index (χ0v) is 26.1. The third-order valence-corrected chi connectivity index (χ3v) is 8.36. The van der Waals surface area contributed by atoms with E-state index in [1.165, 1.54) is 31.4 Å². The summed E-state index contributed by atoms with van der Waals surface area (Å²) in [6.07, 6.45) is 11.1. The fourth-order valence-electron chi connectivity index (χ4n) is 5.64. The molecule has 0 amide bonds. The summed E-state index contributed by atoms with van der Waals surface area (Å²) < 4.78 is 76.8. The third kappa shape index (κ3) is 9.31. The second-order valence-electron chi connectivity index (χ2n) is 11.8. The first kappa shape index (κ1) is 34.0. The Labute approximate surface area is 259 Å². The average molecular weight is 615 g/mol. The normalized spacial score (nSPS) is 16.8. The lowest BCUT2D eigenvalue weighted by molar-refractivity contribution is -0.204. The van der Waals surface area contributed by atoms with Crippen molar-refractivity contribution < 1.29 is 31.8 Å². The van der Waals surface area contributed by atoms with Gasteiger partial charge in [-0.05, 0) is 67.3 Å². The molecule has 1 fully saturated rings. The highest BCUT2D eigenvalue weighted by atomic mass is 19.2. The highest BCUT2D eigenvalue weighted by molar-refractivity contribution is 5.71. The lowest BCUT2D eigenvalue weighted by Gasteiger charge is -2.29. The lowest BCUT2D eigenvalue weighted by Crippen LogP contribution is -2.32. The first-order valence-electron chi connectivity index (χ1n) is 16.3. The maximum Gasteiger partial charge on any atom is 0.201 e. The van der Waals surface area contributed by atoms with E-state index in [0.717, 1.165) is 58.2 Å². The zero-order chi connectivity index (χ0) is 31.3. The molecule has 0 aromatic heterocycles. The van der Waals surface area contributed by atoms with Crippen molar-refractivity contribution in [1.82, 2.24) is 0 Å². The summed E-state index contributed by atoms with van der Waals surface area (Å²) >= 11 is 0. The number of aryl methyl sites for hydroxylation is 1. The molecular formula is C37H46F4O3. The van der Waals surface area contributed by atoms with Gasteiger partial charge in [-0.2, -0.15) is 4.39 Å². The van der Waals surface area contributed by atoms with Gasteiger partial charge in [-0.3, -0.25) is 0 Å². The predicted molar refractivity (Wildman–Crippen MR) is 168 cm³/mol. The third-order valence-electron chi connectivity index (χ3n) is 8.36. The Hall–Kier alpha value is -2.90. The highest BCUT2D eigenvalue weighted by Crippen LogP contribution is 2.33. The van der Waals surface area contributed by atoms with E-state index in [1.807, 2.05) is 0 Å². The van der Waals surface area contributed by atoms with Crippen molar-refractivity contribution in [2.24, 2.45) is 5.92 Å². The van der Waals surface area contributed by atoms with Crippen molar-refractivity contribution in [3.8, 4) is 28.0 Å². The molecule has 0 aliphatic carbocycles. The Morgan fingerprint density at radius 3 is 1.86 bits per heavy atom. The number of rotatable bonds is 17. The lowest BCUT2D eigenvalue weighted by atomic mass is 9.97. The van der Waals surface area contributed by atoms with Crippen LogP contribution in [0.5, 0.6) is 5.75 Å². The van der Waals surface area contributed by atoms with E-state index in [0.29, 0.717) is 42.1 Å². The Balaban J connectivity index is 1.29. The molecule has 0 bridgehead atoms. The van der Waals surface area contributed by atoms with Gasteiger partial charge in [0.25, 0.3) is 0 Å². The number of hydrogen-bond donors (Lipinski definition) is 0. The summed E-state index contributed by atoms with van der Waals surface area (Å²) in [6, 6.07) is 12.4. The Kier molecular flexibility index (Phi) is 13.6. The van der Waals surface area contributed by atoms with Gasteiger partial charge in [-0.15, -0.1) is 0 Å². The van der Waals surface area contributed by atoms with Crippen molar-refractivity contribution in [3.05, 3.63) is 77.4 Å². The maximum absolute atomic E-state index is 15.1. The van der Waals surface area contributed by atoms with Crippen molar-refractivity contribution in [1.29, 1.82) is 0 Å². The van der Waals surface area contributed by atoms with Gasteiger partial charge in [0.1, 0.15) is 0 Å². The van der Waals surface area contributed by atoms with Crippen LogP contribution < -0.4 is 4.74 Å². The quantitative estimate of drug-likeness (QED) is 0.112. The van der Waals surface area contributed by atoms with E-state index in [4.69, 9.17) is 14.2 Å². The standard InChI is InChI=1S/C37H46F4O3/c1-3-5-7-11-23-42-32-22-21-31(36(40)37(32)41)28-17-15-27(16-18-28)30-20-19-29(34(38)35(30)39)13-9-10-14-33-43-24-26(25-44-33)12-8-6-4-2/h15-22,26,33H,3-14,23-25H2,1-2H3. The van der Waals surface area contributed by atoms with Gasteiger partial charge in [0.05, 0.1) is 19.8 Å².